The molecule has 0 aromatic rings. The second-order valence-corrected chi connectivity index (χ2v) is 3.48. The van der Waals surface area contributed by atoms with Crippen molar-refractivity contribution in [1.82, 2.24) is 5.32 Å². The molecule has 1 rings (SSSR count). The van der Waals surface area contributed by atoms with E-state index in [1.807, 2.05) is 7.05 Å². The molecule has 2 atom stereocenters. The van der Waals surface area contributed by atoms with Gasteiger partial charge < -0.3 is 10.4 Å². The Hall–Kier alpha value is -0.0800. The van der Waals surface area contributed by atoms with Gasteiger partial charge in [-0.15, -0.1) is 0 Å². The maximum atomic E-state index is 9.08. The van der Waals surface area contributed by atoms with E-state index in [0.29, 0.717) is 18.6 Å². The van der Waals surface area contributed by atoms with Gasteiger partial charge in [0, 0.05) is 12.6 Å². The van der Waals surface area contributed by atoms with Crippen molar-refractivity contribution < 1.29 is 5.11 Å². The molecule has 66 valence electrons. The van der Waals surface area contributed by atoms with E-state index >= 15 is 0 Å². The summed E-state index contributed by atoms with van der Waals surface area (Å²) in [6.45, 7) is 0.353. The van der Waals surface area contributed by atoms with E-state index in [0.717, 1.165) is 0 Å². The SMILES string of the molecule is CNC1CCCCCC1CO. The lowest BCUT2D eigenvalue weighted by Gasteiger charge is -2.22. The fourth-order valence-electron chi connectivity index (χ4n) is 1.98. The summed E-state index contributed by atoms with van der Waals surface area (Å²) >= 11 is 0. The molecule has 1 aliphatic rings. The third-order valence-electron chi connectivity index (χ3n) is 2.76. The first-order chi connectivity index (χ1) is 5.38. The maximum Gasteiger partial charge on any atom is 0.0474 e. The van der Waals surface area contributed by atoms with Gasteiger partial charge >= 0.3 is 0 Å². The summed E-state index contributed by atoms with van der Waals surface area (Å²) in [7, 11) is 2.00. The molecule has 0 amide bonds. The average molecular weight is 157 g/mol. The van der Waals surface area contributed by atoms with Gasteiger partial charge in [0.05, 0.1) is 0 Å². The molecule has 0 aromatic carbocycles. The van der Waals surface area contributed by atoms with Gasteiger partial charge in [-0.25, -0.2) is 0 Å². The molecule has 1 aliphatic carbocycles. The monoisotopic (exact) mass is 157 g/mol. The zero-order valence-electron chi connectivity index (χ0n) is 7.34. The fraction of sp³-hybridized carbons (Fsp3) is 1.00. The van der Waals surface area contributed by atoms with Crippen LogP contribution >= 0.6 is 0 Å². The Labute approximate surface area is 69.0 Å². The van der Waals surface area contributed by atoms with Crippen molar-refractivity contribution in [2.24, 2.45) is 5.92 Å². The van der Waals surface area contributed by atoms with Crippen LogP contribution in [0.2, 0.25) is 0 Å². The molecule has 0 aliphatic heterocycles. The van der Waals surface area contributed by atoms with Gasteiger partial charge in [0.1, 0.15) is 0 Å². The Morgan fingerprint density at radius 1 is 1.27 bits per heavy atom. The van der Waals surface area contributed by atoms with Crippen LogP contribution in [0, 0.1) is 5.92 Å². The lowest BCUT2D eigenvalue weighted by Crippen LogP contribution is -2.34. The molecular weight excluding hydrogens is 138 g/mol. The van der Waals surface area contributed by atoms with Crippen LogP contribution in [0.1, 0.15) is 32.1 Å². The molecule has 1 fully saturated rings. The summed E-state index contributed by atoms with van der Waals surface area (Å²) in [5.41, 5.74) is 0. The van der Waals surface area contributed by atoms with Gasteiger partial charge in [0.25, 0.3) is 0 Å². The third kappa shape index (κ3) is 2.46. The van der Waals surface area contributed by atoms with Crippen LogP contribution in [-0.2, 0) is 0 Å². The molecule has 0 bridgehead atoms. The van der Waals surface area contributed by atoms with Crippen molar-refractivity contribution in [2.45, 2.75) is 38.1 Å². The summed E-state index contributed by atoms with van der Waals surface area (Å²) in [6.07, 6.45) is 6.39. The van der Waals surface area contributed by atoms with Crippen molar-refractivity contribution in [2.75, 3.05) is 13.7 Å². The van der Waals surface area contributed by atoms with Gasteiger partial charge in [-0.05, 0) is 25.8 Å². The summed E-state index contributed by atoms with van der Waals surface area (Å²) in [6, 6.07) is 0.558. The number of hydrogen-bond donors (Lipinski definition) is 2. The number of nitrogens with one attached hydrogen (secondary N) is 1. The highest BCUT2D eigenvalue weighted by atomic mass is 16.3. The van der Waals surface area contributed by atoms with E-state index in [-0.39, 0.29) is 0 Å². The lowest BCUT2D eigenvalue weighted by atomic mass is 9.96. The van der Waals surface area contributed by atoms with Crippen molar-refractivity contribution in [1.29, 1.82) is 0 Å². The van der Waals surface area contributed by atoms with Crippen LogP contribution < -0.4 is 5.32 Å². The van der Waals surface area contributed by atoms with Crippen molar-refractivity contribution >= 4 is 0 Å². The number of hydrogen-bond acceptors (Lipinski definition) is 2. The first-order valence-electron chi connectivity index (χ1n) is 4.66. The Morgan fingerprint density at radius 3 is 2.64 bits per heavy atom. The van der Waals surface area contributed by atoms with Crippen LogP contribution in [0.25, 0.3) is 0 Å². The van der Waals surface area contributed by atoms with Gasteiger partial charge in [-0.2, -0.15) is 0 Å². The minimum atomic E-state index is 0.353. The Bertz CT molecular complexity index is 93.7. The molecular formula is C9H19NO. The Morgan fingerprint density at radius 2 is 2.00 bits per heavy atom. The van der Waals surface area contributed by atoms with E-state index in [2.05, 4.69) is 5.32 Å². The lowest BCUT2D eigenvalue weighted by molar-refractivity contribution is 0.185. The number of aliphatic hydroxyl groups is 1. The normalized spacial score (nSPS) is 33.3. The fourth-order valence-corrected chi connectivity index (χ4v) is 1.98. The van der Waals surface area contributed by atoms with Gasteiger partial charge in [0.2, 0.25) is 0 Å². The topological polar surface area (TPSA) is 32.3 Å². The molecule has 0 heterocycles. The molecule has 2 nitrogen and oxygen atoms in total. The molecule has 11 heavy (non-hydrogen) atoms. The molecule has 2 heteroatoms. The highest BCUT2D eigenvalue weighted by Crippen LogP contribution is 2.22. The molecule has 1 saturated carbocycles. The van der Waals surface area contributed by atoms with Crippen LogP contribution in [-0.4, -0.2) is 24.8 Å². The van der Waals surface area contributed by atoms with E-state index in [4.69, 9.17) is 5.11 Å². The second-order valence-electron chi connectivity index (χ2n) is 3.48. The molecule has 2 unspecified atom stereocenters. The first-order valence-corrected chi connectivity index (χ1v) is 4.66. The van der Waals surface area contributed by atoms with E-state index < -0.39 is 0 Å². The minimum absolute atomic E-state index is 0.353. The van der Waals surface area contributed by atoms with Crippen LogP contribution in [0.5, 0.6) is 0 Å². The minimum Gasteiger partial charge on any atom is -0.396 e. The van der Waals surface area contributed by atoms with Crippen LogP contribution in [0.3, 0.4) is 0 Å². The molecule has 0 saturated heterocycles. The Kier molecular flexibility index (Phi) is 3.87. The van der Waals surface area contributed by atoms with E-state index in [9.17, 15) is 0 Å². The predicted molar refractivity (Wildman–Crippen MR) is 46.5 cm³/mol. The van der Waals surface area contributed by atoms with Crippen LogP contribution in [0.4, 0.5) is 0 Å². The smallest absolute Gasteiger partial charge is 0.0474 e. The average Bonchev–Trinajstić information content (AvgIpc) is 2.27. The Balaban J connectivity index is 2.41. The zero-order valence-corrected chi connectivity index (χ0v) is 7.34. The van der Waals surface area contributed by atoms with Gasteiger partial charge in [0.15, 0.2) is 0 Å². The van der Waals surface area contributed by atoms with Gasteiger partial charge in [-0.3, -0.25) is 0 Å². The molecule has 2 N–H and O–H groups in total. The number of aliphatic hydroxyl groups excluding tert-OH is 1. The predicted octanol–water partition coefficient (Wildman–Crippen LogP) is 1.15. The third-order valence-corrected chi connectivity index (χ3v) is 2.76. The standard InChI is InChI=1S/C9H19NO/c1-10-9-6-4-2-3-5-8(9)7-11/h8-11H,2-7H2,1H3. The largest absolute Gasteiger partial charge is 0.396 e. The maximum absolute atomic E-state index is 9.08. The van der Waals surface area contributed by atoms with Crippen LogP contribution in [0.15, 0.2) is 0 Å². The van der Waals surface area contributed by atoms with E-state index in [1.54, 1.807) is 0 Å². The van der Waals surface area contributed by atoms with Gasteiger partial charge in [-0.1, -0.05) is 19.3 Å². The van der Waals surface area contributed by atoms with Crippen molar-refractivity contribution in [3.63, 3.8) is 0 Å². The first kappa shape index (κ1) is 9.01. The highest BCUT2D eigenvalue weighted by molar-refractivity contribution is 4.77. The summed E-state index contributed by atoms with van der Waals surface area (Å²) in [5, 5.41) is 12.4. The van der Waals surface area contributed by atoms with Crippen molar-refractivity contribution in [3.05, 3.63) is 0 Å². The number of rotatable bonds is 2. The molecule has 0 radical (unpaired) electrons. The summed E-state index contributed by atoms with van der Waals surface area (Å²) < 4.78 is 0. The molecule has 0 spiro atoms. The quantitative estimate of drug-likeness (QED) is 0.589. The zero-order chi connectivity index (χ0) is 8.10. The second kappa shape index (κ2) is 4.73. The highest BCUT2D eigenvalue weighted by Gasteiger charge is 2.20. The summed E-state index contributed by atoms with van der Waals surface area (Å²) in [4.78, 5) is 0. The van der Waals surface area contributed by atoms with Crippen molar-refractivity contribution in [3.8, 4) is 0 Å². The van der Waals surface area contributed by atoms with E-state index in [1.165, 1.54) is 32.1 Å². The molecule has 0 aromatic heterocycles. The summed E-state index contributed by atoms with van der Waals surface area (Å²) in [5.74, 6) is 0.502.